The largest absolute Gasteiger partial charge is 0.493 e. The Morgan fingerprint density at radius 3 is 2.34 bits per heavy atom. The number of piperidine rings is 1. The highest BCUT2D eigenvalue weighted by Crippen LogP contribution is 2.34. The number of aryl methyl sites for hydroxylation is 1. The van der Waals surface area contributed by atoms with Crippen molar-refractivity contribution in [2.24, 2.45) is 17.3 Å². The van der Waals surface area contributed by atoms with E-state index in [0.29, 0.717) is 24.3 Å². The summed E-state index contributed by atoms with van der Waals surface area (Å²) in [6.07, 6.45) is 3.15. The lowest BCUT2D eigenvalue weighted by Gasteiger charge is -2.36. The molecule has 1 fully saturated rings. The first-order chi connectivity index (χ1) is 25.0. The van der Waals surface area contributed by atoms with Crippen LogP contribution in [0.4, 0.5) is 8.78 Å². The maximum atomic E-state index is 15.6. The lowest BCUT2D eigenvalue weighted by molar-refractivity contribution is -0.165. The van der Waals surface area contributed by atoms with E-state index in [9.17, 15) is 19.2 Å². The number of methoxy groups -OCH3 is 2. The number of nitrogens with zero attached hydrogens (tertiary/aromatic N) is 1. The maximum Gasteiger partial charge on any atom is 0.330 e. The van der Waals surface area contributed by atoms with E-state index in [-0.39, 0.29) is 62.2 Å². The fourth-order valence-electron chi connectivity index (χ4n) is 5.55. The van der Waals surface area contributed by atoms with Gasteiger partial charge in [0.25, 0.3) is 5.91 Å². The van der Waals surface area contributed by atoms with Gasteiger partial charge in [-0.2, -0.15) is 0 Å². The Morgan fingerprint density at radius 1 is 1.00 bits per heavy atom. The van der Waals surface area contributed by atoms with Gasteiger partial charge in [-0.25, -0.2) is 18.4 Å². The molecule has 1 aliphatic heterocycles. The van der Waals surface area contributed by atoms with Gasteiger partial charge in [-0.15, -0.1) is 0 Å². The Balaban J connectivity index is 1.91. The minimum Gasteiger partial charge on any atom is -0.493 e. The van der Waals surface area contributed by atoms with Gasteiger partial charge in [-0.3, -0.25) is 9.59 Å². The summed E-state index contributed by atoms with van der Waals surface area (Å²) in [6.45, 7) is 14.4. The molecule has 0 aromatic heterocycles. The van der Waals surface area contributed by atoms with Crippen LogP contribution in [0.15, 0.2) is 54.6 Å². The molecule has 2 aromatic carbocycles. The molecule has 0 aliphatic carbocycles. The van der Waals surface area contributed by atoms with Crippen molar-refractivity contribution in [3.05, 3.63) is 77.4 Å². The molecule has 0 radical (unpaired) electrons. The second-order valence-electron chi connectivity index (χ2n) is 14.5. The number of carbonyl (C=O) groups excluding carboxylic acids is 4. The van der Waals surface area contributed by atoms with Crippen molar-refractivity contribution in [2.75, 3.05) is 34.0 Å². The zero-order valence-corrected chi connectivity index (χ0v) is 32.1. The van der Waals surface area contributed by atoms with Crippen molar-refractivity contribution in [2.45, 2.75) is 85.8 Å². The Kier molecular flexibility index (Phi) is 15.6. The number of likely N-dealkylation sites (tertiary alicyclic amines) is 1. The molecule has 0 spiro atoms. The van der Waals surface area contributed by atoms with Crippen molar-refractivity contribution in [3.8, 4) is 17.2 Å². The van der Waals surface area contributed by atoms with E-state index in [1.54, 1.807) is 24.3 Å². The Labute approximate surface area is 311 Å². The maximum absolute atomic E-state index is 15.6. The van der Waals surface area contributed by atoms with Crippen LogP contribution in [-0.2, 0) is 35.1 Å². The molecule has 10 nitrogen and oxygen atoms in total. The Morgan fingerprint density at radius 2 is 1.70 bits per heavy atom. The molecule has 290 valence electrons. The minimum atomic E-state index is -1.39. The van der Waals surface area contributed by atoms with E-state index < -0.39 is 52.8 Å². The van der Waals surface area contributed by atoms with Crippen molar-refractivity contribution in [1.29, 1.82) is 0 Å². The van der Waals surface area contributed by atoms with Gasteiger partial charge in [-0.1, -0.05) is 46.4 Å². The molecular weight excluding hydrogens is 688 g/mol. The number of allylic oxidation sites excluding steroid dienone is 1. The molecule has 2 atom stereocenters. The van der Waals surface area contributed by atoms with E-state index in [2.05, 4.69) is 6.58 Å². The first-order valence-corrected chi connectivity index (χ1v) is 17.9. The van der Waals surface area contributed by atoms with Gasteiger partial charge in [-0.05, 0) is 87.1 Å². The van der Waals surface area contributed by atoms with E-state index in [4.69, 9.17) is 23.7 Å². The standard InChI is InChI=1S/C41H53F2NO9/c1-25(2)13-18-36(45)52-24-41(6,7)38(46)39(47)44-19-11-10-12-32(44)40(48)53-33(16-14-28-15-17-34(49-8)35(20-28)50-9)30-21-29(22-31(42)37(30)43)51-23-27(5)26(3)4/h13,15,17-18,20-22,25-26,32-33H,5,10-12,14,16,19,23-24H2,1-4,6-9H3/b18-13-/t32-,33+/m0/s1. The van der Waals surface area contributed by atoms with Crippen LogP contribution in [-0.4, -0.2) is 68.5 Å². The number of esters is 2. The van der Waals surface area contributed by atoms with Crippen LogP contribution in [0.2, 0.25) is 0 Å². The van der Waals surface area contributed by atoms with Gasteiger partial charge in [0, 0.05) is 24.3 Å². The van der Waals surface area contributed by atoms with Crippen LogP contribution in [0, 0.1) is 28.9 Å². The molecule has 0 bridgehead atoms. The summed E-state index contributed by atoms with van der Waals surface area (Å²) in [4.78, 5) is 54.5. The number of ketones is 1. The average molecular weight is 742 g/mol. The van der Waals surface area contributed by atoms with E-state index in [0.717, 1.165) is 22.1 Å². The highest BCUT2D eigenvalue weighted by molar-refractivity contribution is 6.38. The molecule has 1 heterocycles. The van der Waals surface area contributed by atoms with Crippen molar-refractivity contribution >= 4 is 23.6 Å². The van der Waals surface area contributed by atoms with E-state index in [1.165, 1.54) is 40.2 Å². The Bertz CT molecular complexity index is 1670. The molecule has 0 unspecified atom stereocenters. The van der Waals surface area contributed by atoms with Gasteiger partial charge < -0.3 is 28.6 Å². The van der Waals surface area contributed by atoms with Gasteiger partial charge in [0.2, 0.25) is 5.78 Å². The van der Waals surface area contributed by atoms with Crippen LogP contribution in [0.1, 0.15) is 84.5 Å². The first kappa shape index (κ1) is 42.7. The summed E-state index contributed by atoms with van der Waals surface area (Å²) in [6, 6.07) is 6.27. The topological polar surface area (TPSA) is 118 Å². The van der Waals surface area contributed by atoms with Gasteiger partial charge in [0.1, 0.15) is 31.1 Å². The minimum absolute atomic E-state index is 0.0169. The fourth-order valence-corrected chi connectivity index (χ4v) is 5.55. The van der Waals surface area contributed by atoms with Gasteiger partial charge >= 0.3 is 11.9 Å². The number of rotatable bonds is 18. The highest BCUT2D eigenvalue weighted by atomic mass is 19.2. The predicted molar refractivity (Wildman–Crippen MR) is 196 cm³/mol. The summed E-state index contributed by atoms with van der Waals surface area (Å²) in [5.74, 6) is -4.50. The smallest absolute Gasteiger partial charge is 0.330 e. The molecule has 1 aliphatic rings. The quantitative estimate of drug-likeness (QED) is 0.0662. The fraction of sp³-hybridized carbons (Fsp3) is 0.512. The number of carbonyl (C=O) groups is 4. The third-order valence-electron chi connectivity index (χ3n) is 9.06. The van der Waals surface area contributed by atoms with Crippen LogP contribution >= 0.6 is 0 Å². The highest BCUT2D eigenvalue weighted by Gasteiger charge is 2.42. The molecule has 12 heteroatoms. The second-order valence-corrected chi connectivity index (χ2v) is 14.5. The zero-order chi connectivity index (χ0) is 39.5. The Hall–Kier alpha value is -4.74. The number of hydrogen-bond donors (Lipinski definition) is 0. The summed E-state index contributed by atoms with van der Waals surface area (Å²) in [5, 5.41) is 0. The zero-order valence-electron chi connectivity index (χ0n) is 32.1. The lowest BCUT2D eigenvalue weighted by Crippen LogP contribution is -2.53. The number of Topliss-reactive ketones (excluding diaryl/α,β-unsaturated/α-hetero) is 1. The van der Waals surface area contributed by atoms with Crippen LogP contribution in [0.3, 0.4) is 0 Å². The molecule has 2 aromatic rings. The monoisotopic (exact) mass is 741 g/mol. The molecule has 0 N–H and O–H groups in total. The lowest BCUT2D eigenvalue weighted by atomic mass is 9.87. The normalized spacial score (nSPS) is 15.3. The third kappa shape index (κ3) is 11.9. The number of halogens is 2. The second kappa shape index (κ2) is 19.4. The molecule has 1 saturated heterocycles. The number of benzene rings is 2. The number of ether oxygens (including phenoxy) is 5. The molecular formula is C41H53F2NO9. The van der Waals surface area contributed by atoms with Crippen LogP contribution < -0.4 is 14.2 Å². The summed E-state index contributed by atoms with van der Waals surface area (Å²) in [7, 11) is 3.00. The number of hydrogen-bond acceptors (Lipinski definition) is 9. The van der Waals surface area contributed by atoms with E-state index in [1.807, 2.05) is 27.7 Å². The van der Waals surface area contributed by atoms with Crippen molar-refractivity contribution in [1.82, 2.24) is 4.90 Å². The summed E-state index contributed by atoms with van der Waals surface area (Å²) >= 11 is 0. The van der Waals surface area contributed by atoms with Crippen LogP contribution in [0.25, 0.3) is 0 Å². The van der Waals surface area contributed by atoms with Gasteiger partial charge in [0.15, 0.2) is 23.1 Å². The SMILES string of the molecule is C=C(COc1cc(F)c(F)c([C@@H](CCc2ccc(OC)c(OC)c2)OC(=O)[C@@H]2CCCCN2C(=O)C(=O)C(C)(C)COC(=O)/C=C\C(C)C)c1)C(C)C. The summed E-state index contributed by atoms with van der Waals surface area (Å²) in [5.41, 5.74) is -0.154. The van der Waals surface area contributed by atoms with E-state index >= 15 is 8.78 Å². The molecule has 3 rings (SSSR count). The van der Waals surface area contributed by atoms with Crippen molar-refractivity contribution in [3.63, 3.8) is 0 Å². The van der Waals surface area contributed by atoms with Gasteiger partial charge in [0.05, 0.1) is 19.6 Å². The third-order valence-corrected chi connectivity index (χ3v) is 9.06. The average Bonchev–Trinajstić information content (AvgIpc) is 3.14. The van der Waals surface area contributed by atoms with Crippen molar-refractivity contribution < 1.29 is 51.6 Å². The molecule has 1 amide bonds. The summed E-state index contributed by atoms with van der Waals surface area (Å²) < 4.78 is 58.4. The molecule has 0 saturated carbocycles. The number of amides is 1. The van der Waals surface area contributed by atoms with Crippen LogP contribution in [0.5, 0.6) is 17.2 Å². The predicted octanol–water partition coefficient (Wildman–Crippen LogP) is 7.52. The first-order valence-electron chi connectivity index (χ1n) is 17.9. The molecule has 53 heavy (non-hydrogen) atoms.